The van der Waals surface area contributed by atoms with Crippen LogP contribution in [0, 0.1) is 6.92 Å². The third-order valence-corrected chi connectivity index (χ3v) is 6.30. The van der Waals surface area contributed by atoms with Crippen LogP contribution < -0.4 is 10.0 Å². The molecule has 0 saturated carbocycles. The van der Waals surface area contributed by atoms with E-state index in [9.17, 15) is 5.11 Å². The molecular formula is C20H27O3P. The Morgan fingerprint density at radius 3 is 2.58 bits per heavy atom. The number of hydrogen-bond donors (Lipinski definition) is 1. The number of hydrogen-bond acceptors (Lipinski definition) is 3. The first-order valence-corrected chi connectivity index (χ1v) is 9.24. The molecule has 0 amide bonds. The van der Waals surface area contributed by atoms with Gasteiger partial charge in [0.1, 0.15) is 5.75 Å². The Morgan fingerprint density at radius 1 is 1.17 bits per heavy atom. The van der Waals surface area contributed by atoms with Crippen molar-refractivity contribution in [2.75, 3.05) is 13.9 Å². The molecule has 4 heteroatoms. The van der Waals surface area contributed by atoms with Crippen LogP contribution in [0.2, 0.25) is 0 Å². The fourth-order valence-electron chi connectivity index (χ4n) is 2.75. The van der Waals surface area contributed by atoms with Gasteiger partial charge in [0.15, 0.2) is 6.79 Å². The van der Waals surface area contributed by atoms with Crippen molar-refractivity contribution >= 4 is 13.9 Å². The Hall–Kier alpha value is -1.41. The number of aliphatic hydroxyl groups is 1. The van der Waals surface area contributed by atoms with Gasteiger partial charge in [0.25, 0.3) is 0 Å². The van der Waals surface area contributed by atoms with Crippen LogP contribution in [-0.4, -0.2) is 19.0 Å². The van der Waals surface area contributed by atoms with E-state index >= 15 is 0 Å². The van der Waals surface area contributed by atoms with Gasteiger partial charge in [-0.05, 0) is 30.3 Å². The first kappa shape index (κ1) is 18.9. The van der Waals surface area contributed by atoms with Crippen molar-refractivity contribution < 1.29 is 14.6 Å². The minimum atomic E-state index is -0.0552. The van der Waals surface area contributed by atoms with Gasteiger partial charge < -0.3 is 14.6 Å². The second-order valence-corrected chi connectivity index (χ2v) is 8.07. The van der Waals surface area contributed by atoms with E-state index in [2.05, 4.69) is 39.0 Å². The summed E-state index contributed by atoms with van der Waals surface area (Å²) in [5, 5.41) is 10.8. The van der Waals surface area contributed by atoms with Crippen LogP contribution >= 0.6 is 8.58 Å². The molecule has 2 rings (SSSR count). The summed E-state index contributed by atoms with van der Waals surface area (Å²) in [7, 11) is 2.18. The lowest BCUT2D eigenvalue weighted by Gasteiger charge is -2.32. The summed E-state index contributed by atoms with van der Waals surface area (Å²) in [6.07, 6.45) is 0.984. The highest BCUT2D eigenvalue weighted by Crippen LogP contribution is 2.47. The van der Waals surface area contributed by atoms with E-state index in [1.807, 2.05) is 24.3 Å². The average Bonchev–Trinajstić information content (AvgIpc) is 2.61. The van der Waals surface area contributed by atoms with Gasteiger partial charge in [-0.1, -0.05) is 64.4 Å². The highest BCUT2D eigenvalue weighted by Gasteiger charge is 2.29. The van der Waals surface area contributed by atoms with E-state index in [1.165, 1.54) is 16.4 Å². The van der Waals surface area contributed by atoms with Crippen LogP contribution in [0.1, 0.15) is 37.0 Å². The fourth-order valence-corrected chi connectivity index (χ4v) is 4.35. The molecule has 0 fully saturated rings. The molecule has 0 radical (unpaired) electrons. The Morgan fingerprint density at radius 2 is 1.92 bits per heavy atom. The van der Waals surface area contributed by atoms with Crippen molar-refractivity contribution in [3.8, 4) is 5.75 Å². The van der Waals surface area contributed by atoms with Crippen molar-refractivity contribution in [1.29, 1.82) is 0 Å². The van der Waals surface area contributed by atoms with Gasteiger partial charge in [-0.25, -0.2) is 0 Å². The molecule has 24 heavy (non-hydrogen) atoms. The maximum Gasteiger partial charge on any atom is 0.188 e. The standard InChI is InChI=1S/C20H27O3P/c1-5-20(3,24-19-9-7-6-8-16(19)13-21)17-12-15(2)10-11-18(17)23-14-22-4/h6-12,21,24H,5,13-14H2,1-4H3. The predicted molar refractivity (Wildman–Crippen MR) is 102 cm³/mol. The van der Waals surface area contributed by atoms with Crippen LogP contribution in [0.4, 0.5) is 0 Å². The van der Waals surface area contributed by atoms with Gasteiger partial charge >= 0.3 is 0 Å². The SMILES string of the molecule is CCC(C)(Pc1ccccc1CO)c1cc(C)ccc1OCOC. The maximum atomic E-state index is 9.64. The molecule has 0 aliphatic heterocycles. The summed E-state index contributed by atoms with van der Waals surface area (Å²) in [5.74, 6) is 0.876. The van der Waals surface area contributed by atoms with E-state index < -0.39 is 0 Å². The van der Waals surface area contributed by atoms with Gasteiger partial charge in [-0.2, -0.15) is 0 Å². The summed E-state index contributed by atoms with van der Waals surface area (Å²) >= 11 is 0. The zero-order valence-corrected chi connectivity index (χ0v) is 15.9. The summed E-state index contributed by atoms with van der Waals surface area (Å²) < 4.78 is 10.9. The van der Waals surface area contributed by atoms with Crippen molar-refractivity contribution in [2.24, 2.45) is 0 Å². The Kier molecular flexibility index (Phi) is 6.79. The lowest BCUT2D eigenvalue weighted by atomic mass is 9.95. The van der Waals surface area contributed by atoms with E-state index in [-0.39, 0.29) is 18.6 Å². The highest BCUT2D eigenvalue weighted by molar-refractivity contribution is 7.48. The quantitative estimate of drug-likeness (QED) is 0.578. The molecule has 3 nitrogen and oxygen atoms in total. The molecule has 2 unspecified atom stereocenters. The predicted octanol–water partition coefficient (Wildman–Crippen LogP) is 4.10. The molecule has 2 aromatic carbocycles. The van der Waals surface area contributed by atoms with Crippen molar-refractivity contribution in [2.45, 2.75) is 39.0 Å². The molecule has 0 aliphatic rings. The molecule has 0 spiro atoms. The van der Waals surface area contributed by atoms with Gasteiger partial charge in [0.05, 0.1) is 6.61 Å². The number of rotatable bonds is 8. The van der Waals surface area contributed by atoms with Gasteiger partial charge in [-0.15, -0.1) is 0 Å². The van der Waals surface area contributed by atoms with Crippen molar-refractivity contribution in [3.05, 3.63) is 59.2 Å². The van der Waals surface area contributed by atoms with Crippen LogP contribution in [0.5, 0.6) is 5.75 Å². The molecule has 0 heterocycles. The average molecular weight is 346 g/mol. The molecule has 0 bridgehead atoms. The fraction of sp³-hybridized carbons (Fsp3) is 0.400. The largest absolute Gasteiger partial charge is 0.467 e. The summed E-state index contributed by atoms with van der Waals surface area (Å²) in [5.41, 5.74) is 3.42. The molecular weight excluding hydrogens is 319 g/mol. The van der Waals surface area contributed by atoms with E-state index in [0.29, 0.717) is 8.58 Å². The van der Waals surface area contributed by atoms with Crippen molar-refractivity contribution in [3.63, 3.8) is 0 Å². The Labute approximate surface area is 146 Å². The third-order valence-electron chi connectivity index (χ3n) is 4.37. The first-order chi connectivity index (χ1) is 11.5. The summed E-state index contributed by atoms with van der Waals surface area (Å²) in [6.45, 7) is 6.89. The summed E-state index contributed by atoms with van der Waals surface area (Å²) in [4.78, 5) is 0. The van der Waals surface area contributed by atoms with Crippen LogP contribution in [0.25, 0.3) is 0 Å². The lowest BCUT2D eigenvalue weighted by Crippen LogP contribution is -2.21. The molecule has 0 aromatic heterocycles. The second-order valence-electron chi connectivity index (χ2n) is 6.18. The normalized spacial score (nSPS) is 14.0. The van der Waals surface area contributed by atoms with Crippen molar-refractivity contribution in [1.82, 2.24) is 0 Å². The Balaban J connectivity index is 2.43. The second kappa shape index (κ2) is 8.62. The highest BCUT2D eigenvalue weighted by atomic mass is 31.1. The zero-order chi connectivity index (χ0) is 17.6. The first-order valence-electron chi connectivity index (χ1n) is 8.24. The van der Waals surface area contributed by atoms with Gasteiger partial charge in [0, 0.05) is 17.8 Å². The van der Waals surface area contributed by atoms with Gasteiger partial charge in [-0.3, -0.25) is 0 Å². The number of benzene rings is 2. The number of methoxy groups -OCH3 is 1. The van der Waals surface area contributed by atoms with E-state index in [4.69, 9.17) is 9.47 Å². The number of aliphatic hydroxyl groups excluding tert-OH is 1. The molecule has 2 aromatic rings. The van der Waals surface area contributed by atoms with E-state index in [0.717, 1.165) is 17.7 Å². The van der Waals surface area contributed by atoms with Crippen LogP contribution in [0.3, 0.4) is 0 Å². The Bertz CT molecular complexity index is 672. The minimum Gasteiger partial charge on any atom is -0.467 e. The molecule has 1 N–H and O–H groups in total. The topological polar surface area (TPSA) is 38.7 Å². The molecule has 130 valence electrons. The third kappa shape index (κ3) is 4.36. The van der Waals surface area contributed by atoms with E-state index in [1.54, 1.807) is 7.11 Å². The molecule has 0 aliphatic carbocycles. The van der Waals surface area contributed by atoms with Gasteiger partial charge in [0.2, 0.25) is 0 Å². The van der Waals surface area contributed by atoms with Crippen LogP contribution in [0.15, 0.2) is 42.5 Å². The minimum absolute atomic E-state index is 0.0552. The monoisotopic (exact) mass is 346 g/mol. The molecule has 2 atom stereocenters. The maximum absolute atomic E-state index is 9.64. The summed E-state index contributed by atoms with van der Waals surface area (Å²) in [6, 6.07) is 14.4. The smallest absolute Gasteiger partial charge is 0.188 e. The zero-order valence-electron chi connectivity index (χ0n) is 14.9. The lowest BCUT2D eigenvalue weighted by molar-refractivity contribution is 0.0500. The van der Waals surface area contributed by atoms with Crippen LogP contribution in [-0.2, 0) is 16.5 Å². The number of aryl methyl sites for hydroxylation is 1. The molecule has 0 saturated heterocycles. The number of ether oxygens (including phenoxy) is 2.